The van der Waals surface area contributed by atoms with E-state index in [1.807, 2.05) is 49.7 Å². The van der Waals surface area contributed by atoms with Crippen molar-refractivity contribution >= 4 is 34.0 Å². The summed E-state index contributed by atoms with van der Waals surface area (Å²) >= 11 is 1.61. The summed E-state index contributed by atoms with van der Waals surface area (Å²) in [6.45, 7) is 1.99. The number of hydrogen-bond donors (Lipinski definition) is 1. The van der Waals surface area contributed by atoms with Gasteiger partial charge in [-0.05, 0) is 42.8 Å². The van der Waals surface area contributed by atoms with Crippen LogP contribution < -0.4 is 0 Å². The highest BCUT2D eigenvalue weighted by Gasteiger charge is 2.16. The molecule has 4 aromatic rings. The summed E-state index contributed by atoms with van der Waals surface area (Å²) in [5.74, 6) is 1.13. The van der Waals surface area contributed by atoms with E-state index in [9.17, 15) is 5.11 Å². The fourth-order valence-corrected chi connectivity index (χ4v) is 3.63. The molecule has 2 heterocycles. The van der Waals surface area contributed by atoms with Crippen LogP contribution in [0.3, 0.4) is 0 Å². The summed E-state index contributed by atoms with van der Waals surface area (Å²) < 4.78 is 2.10. The Balaban J connectivity index is 1.93. The molecule has 0 saturated carbocycles. The number of nitrogens with zero attached hydrogens (tertiary/aromatic N) is 3. The van der Waals surface area contributed by atoms with Crippen molar-refractivity contribution in [1.29, 1.82) is 0 Å². The Morgan fingerprint density at radius 3 is 2.52 bits per heavy atom. The first kappa shape index (κ1) is 15.6. The minimum Gasteiger partial charge on any atom is -0.508 e. The topological polar surface area (TPSA) is 50.9 Å². The van der Waals surface area contributed by atoms with Crippen LogP contribution >= 0.6 is 11.3 Å². The van der Waals surface area contributed by atoms with Crippen LogP contribution in [0.1, 0.15) is 22.1 Å². The Kier molecular flexibility index (Phi) is 3.86. The van der Waals surface area contributed by atoms with Crippen molar-refractivity contribution < 1.29 is 5.11 Å². The fraction of sp³-hybridized carbons (Fsp3) is 0.100. The van der Waals surface area contributed by atoms with Gasteiger partial charge in [-0.2, -0.15) is 0 Å². The highest BCUT2D eigenvalue weighted by Crippen LogP contribution is 2.30. The summed E-state index contributed by atoms with van der Waals surface area (Å²) in [5.41, 5.74) is 5.01. The molecular weight excluding hydrogens is 330 g/mol. The quantitative estimate of drug-likeness (QED) is 0.588. The van der Waals surface area contributed by atoms with Gasteiger partial charge in [0.15, 0.2) is 0 Å². The molecule has 0 spiro atoms. The number of hydrogen-bond acceptors (Lipinski definition) is 4. The number of phenols is 1. The minimum absolute atomic E-state index is 0.256. The number of phenolic OH excluding ortho intramolecular Hbond substituents is 1. The standard InChI is InChI=1S/C20H17N3OS/c1-13-12-25-20(21-13)16(11-14-7-9-15(24)10-8-14)19-22-17-5-3-4-6-18(17)23(19)2/h3-12,24H,1-2H3/b16-11+. The molecule has 4 rings (SSSR count). The normalized spacial score (nSPS) is 12.0. The minimum atomic E-state index is 0.256. The third kappa shape index (κ3) is 2.94. The molecule has 4 nitrogen and oxygen atoms in total. The molecule has 25 heavy (non-hydrogen) atoms. The number of rotatable bonds is 3. The van der Waals surface area contributed by atoms with Crippen molar-refractivity contribution in [3.8, 4) is 5.75 Å². The second-order valence-electron chi connectivity index (χ2n) is 5.93. The van der Waals surface area contributed by atoms with Crippen molar-refractivity contribution in [2.24, 2.45) is 7.05 Å². The fourth-order valence-electron chi connectivity index (χ4n) is 2.82. The second-order valence-corrected chi connectivity index (χ2v) is 6.78. The van der Waals surface area contributed by atoms with E-state index >= 15 is 0 Å². The van der Waals surface area contributed by atoms with Crippen LogP contribution in [0.4, 0.5) is 0 Å². The average molecular weight is 347 g/mol. The summed E-state index contributed by atoms with van der Waals surface area (Å²) in [5, 5.41) is 12.5. The highest BCUT2D eigenvalue weighted by atomic mass is 32.1. The first-order valence-corrected chi connectivity index (χ1v) is 8.85. The van der Waals surface area contributed by atoms with Crippen molar-refractivity contribution in [3.05, 3.63) is 76.0 Å². The second kappa shape index (κ2) is 6.18. The van der Waals surface area contributed by atoms with E-state index in [0.717, 1.165) is 38.7 Å². The molecule has 124 valence electrons. The SMILES string of the molecule is Cc1csc(/C(=C/c2ccc(O)cc2)c2nc3ccccc3n2C)n1. The molecule has 5 heteroatoms. The van der Waals surface area contributed by atoms with Crippen LogP contribution in [-0.4, -0.2) is 19.6 Å². The molecule has 2 aromatic heterocycles. The number of fused-ring (bicyclic) bond motifs is 1. The van der Waals surface area contributed by atoms with E-state index in [4.69, 9.17) is 4.98 Å². The molecule has 0 radical (unpaired) electrons. The Morgan fingerprint density at radius 1 is 1.08 bits per heavy atom. The predicted octanol–water partition coefficient (Wildman–Crippen LogP) is 4.63. The Morgan fingerprint density at radius 2 is 1.84 bits per heavy atom. The molecule has 0 aliphatic heterocycles. The van der Waals surface area contributed by atoms with Crippen molar-refractivity contribution in [2.45, 2.75) is 6.92 Å². The molecular formula is C20H17N3OS. The first-order chi connectivity index (χ1) is 12.1. The van der Waals surface area contributed by atoms with E-state index in [2.05, 4.69) is 21.7 Å². The molecule has 0 saturated heterocycles. The summed E-state index contributed by atoms with van der Waals surface area (Å²) in [6.07, 6.45) is 2.07. The zero-order valence-electron chi connectivity index (χ0n) is 14.0. The number of benzene rings is 2. The molecule has 0 amide bonds. The third-order valence-corrected chi connectivity index (χ3v) is 5.07. The number of aromatic hydroxyl groups is 1. The lowest BCUT2D eigenvalue weighted by molar-refractivity contribution is 0.475. The molecule has 0 fully saturated rings. The van der Waals surface area contributed by atoms with E-state index in [-0.39, 0.29) is 5.75 Å². The summed E-state index contributed by atoms with van der Waals surface area (Å²) in [4.78, 5) is 9.48. The predicted molar refractivity (Wildman–Crippen MR) is 103 cm³/mol. The molecule has 2 aromatic carbocycles. The van der Waals surface area contributed by atoms with Gasteiger partial charge in [-0.15, -0.1) is 11.3 Å². The maximum absolute atomic E-state index is 9.52. The molecule has 0 aliphatic rings. The van der Waals surface area contributed by atoms with Crippen molar-refractivity contribution in [3.63, 3.8) is 0 Å². The van der Waals surface area contributed by atoms with Crippen LogP contribution in [0.25, 0.3) is 22.7 Å². The number of imidazole rings is 1. The zero-order chi connectivity index (χ0) is 17.4. The van der Waals surface area contributed by atoms with Crippen molar-refractivity contribution in [2.75, 3.05) is 0 Å². The van der Waals surface area contributed by atoms with E-state index in [0.29, 0.717) is 0 Å². The average Bonchev–Trinajstić information content (AvgIpc) is 3.19. The van der Waals surface area contributed by atoms with E-state index in [1.54, 1.807) is 23.5 Å². The van der Waals surface area contributed by atoms with Gasteiger partial charge < -0.3 is 9.67 Å². The number of aromatic nitrogens is 3. The lowest BCUT2D eigenvalue weighted by Crippen LogP contribution is -1.99. The largest absolute Gasteiger partial charge is 0.508 e. The van der Waals surface area contributed by atoms with Gasteiger partial charge in [0, 0.05) is 18.1 Å². The van der Waals surface area contributed by atoms with Crippen LogP contribution in [-0.2, 0) is 7.05 Å². The lowest BCUT2D eigenvalue weighted by atomic mass is 10.1. The van der Waals surface area contributed by atoms with Crippen LogP contribution in [0.5, 0.6) is 5.75 Å². The van der Waals surface area contributed by atoms with Crippen molar-refractivity contribution in [1.82, 2.24) is 14.5 Å². The van der Waals surface area contributed by atoms with Gasteiger partial charge in [0.1, 0.15) is 16.6 Å². The summed E-state index contributed by atoms with van der Waals surface area (Å²) in [6, 6.07) is 15.2. The van der Waals surface area contributed by atoms with Crippen LogP contribution in [0.15, 0.2) is 53.9 Å². The Labute approximate surface area is 149 Å². The number of aryl methyl sites for hydroxylation is 2. The Hall–Kier alpha value is -2.92. The van der Waals surface area contributed by atoms with Crippen LogP contribution in [0, 0.1) is 6.92 Å². The van der Waals surface area contributed by atoms with Gasteiger partial charge in [0.2, 0.25) is 0 Å². The van der Waals surface area contributed by atoms with Crippen LogP contribution in [0.2, 0.25) is 0 Å². The highest BCUT2D eigenvalue weighted by molar-refractivity contribution is 7.11. The van der Waals surface area contributed by atoms with E-state index < -0.39 is 0 Å². The van der Waals surface area contributed by atoms with Gasteiger partial charge in [0.05, 0.1) is 16.6 Å². The lowest BCUT2D eigenvalue weighted by Gasteiger charge is -2.06. The smallest absolute Gasteiger partial charge is 0.143 e. The molecule has 1 N–H and O–H groups in total. The zero-order valence-corrected chi connectivity index (χ0v) is 14.8. The maximum atomic E-state index is 9.52. The monoisotopic (exact) mass is 347 g/mol. The molecule has 0 atom stereocenters. The first-order valence-electron chi connectivity index (χ1n) is 7.97. The van der Waals surface area contributed by atoms with E-state index in [1.165, 1.54) is 0 Å². The van der Waals surface area contributed by atoms with Gasteiger partial charge in [-0.3, -0.25) is 0 Å². The van der Waals surface area contributed by atoms with Gasteiger partial charge in [0.25, 0.3) is 0 Å². The van der Waals surface area contributed by atoms with Gasteiger partial charge in [-0.25, -0.2) is 9.97 Å². The van der Waals surface area contributed by atoms with Gasteiger partial charge in [-0.1, -0.05) is 24.3 Å². The maximum Gasteiger partial charge on any atom is 0.143 e. The summed E-state index contributed by atoms with van der Waals surface area (Å²) in [7, 11) is 2.02. The molecule has 0 aliphatic carbocycles. The third-order valence-electron chi connectivity index (χ3n) is 4.08. The number of thiazole rings is 1. The molecule has 0 unspecified atom stereocenters. The Bertz CT molecular complexity index is 1070. The number of para-hydroxylation sites is 2. The molecule has 0 bridgehead atoms. The van der Waals surface area contributed by atoms with Gasteiger partial charge >= 0.3 is 0 Å².